The number of aliphatic hydroxyl groups is 1. The van der Waals surface area contributed by atoms with Crippen molar-refractivity contribution in [3.8, 4) is 0 Å². The van der Waals surface area contributed by atoms with Crippen LogP contribution in [0.3, 0.4) is 0 Å². The van der Waals surface area contributed by atoms with Gasteiger partial charge in [-0.25, -0.2) is 4.98 Å². The number of hydrogen-bond donors (Lipinski definition) is 2. The van der Waals surface area contributed by atoms with Crippen LogP contribution in [0.15, 0.2) is 47.4 Å². The highest BCUT2D eigenvalue weighted by molar-refractivity contribution is 8.00. The lowest BCUT2D eigenvalue weighted by molar-refractivity contribution is -0.147. The van der Waals surface area contributed by atoms with Crippen LogP contribution in [0.2, 0.25) is 0 Å². The van der Waals surface area contributed by atoms with Gasteiger partial charge in [-0.05, 0) is 73.2 Å². The van der Waals surface area contributed by atoms with E-state index in [4.69, 9.17) is 9.84 Å². The minimum atomic E-state index is -4.54. The van der Waals surface area contributed by atoms with Gasteiger partial charge in [-0.15, -0.1) is 0 Å². The number of aromatic nitrogens is 2. The van der Waals surface area contributed by atoms with Gasteiger partial charge in [0.2, 0.25) is 11.7 Å². The van der Waals surface area contributed by atoms with E-state index in [-0.39, 0.29) is 12.5 Å². The molecule has 1 aromatic heterocycles. The second-order valence-electron chi connectivity index (χ2n) is 8.09. The lowest BCUT2D eigenvalue weighted by atomic mass is 10.0. The summed E-state index contributed by atoms with van der Waals surface area (Å²) in [6, 6.07) is 12.2. The van der Waals surface area contributed by atoms with Crippen LogP contribution < -0.4 is 9.62 Å². The molecule has 3 aromatic rings. The van der Waals surface area contributed by atoms with Crippen LogP contribution in [0.4, 0.5) is 24.5 Å². The molecule has 2 N–H and O–H groups in total. The predicted octanol–water partition coefficient (Wildman–Crippen LogP) is 4.56. The van der Waals surface area contributed by atoms with Crippen LogP contribution in [0.1, 0.15) is 18.7 Å². The van der Waals surface area contributed by atoms with Crippen LogP contribution >= 0.6 is 11.9 Å². The van der Waals surface area contributed by atoms with Gasteiger partial charge in [-0.1, -0.05) is 0 Å². The van der Waals surface area contributed by atoms with E-state index in [1.807, 2.05) is 11.4 Å². The smallest absolute Gasteiger partial charge is 0.387 e. The quantitative estimate of drug-likeness (QED) is 0.469. The summed E-state index contributed by atoms with van der Waals surface area (Å²) in [6.45, 7) is 0.805. The van der Waals surface area contributed by atoms with E-state index in [1.54, 1.807) is 42.5 Å². The molecule has 0 unspecified atom stereocenters. The number of aliphatic hydroxyl groups excluding tert-OH is 1. The van der Waals surface area contributed by atoms with Crippen molar-refractivity contribution in [1.29, 1.82) is 0 Å². The summed E-state index contributed by atoms with van der Waals surface area (Å²) in [6.07, 6.45) is -3.08. The number of halogens is 3. The maximum atomic E-state index is 13.8. The van der Waals surface area contributed by atoms with Crippen molar-refractivity contribution >= 4 is 40.3 Å². The average Bonchev–Trinajstić information content (AvgIpc) is 3.19. The van der Waals surface area contributed by atoms with Crippen LogP contribution in [-0.2, 0) is 22.3 Å². The Balaban J connectivity index is 1.54. The van der Waals surface area contributed by atoms with E-state index in [0.29, 0.717) is 35.6 Å². The number of ether oxygens (including phenoxy) is 1. The topological polar surface area (TPSA) is 79.6 Å². The van der Waals surface area contributed by atoms with Crippen molar-refractivity contribution in [1.82, 2.24) is 9.55 Å². The van der Waals surface area contributed by atoms with Gasteiger partial charge in [0, 0.05) is 43.1 Å². The molecule has 2 aromatic carbocycles. The molecule has 0 bridgehead atoms. The lowest BCUT2D eigenvalue weighted by Crippen LogP contribution is -2.23. The first-order chi connectivity index (χ1) is 16.2. The fourth-order valence-corrected chi connectivity index (χ4v) is 4.71. The number of rotatable bonds is 7. The zero-order valence-electron chi connectivity index (χ0n) is 18.5. The third-order valence-corrected chi connectivity index (χ3v) is 6.62. The Hall–Kier alpha value is -2.76. The largest absolute Gasteiger partial charge is 0.449 e. The monoisotopic (exact) mass is 494 g/mol. The van der Waals surface area contributed by atoms with E-state index in [0.717, 1.165) is 17.7 Å². The molecule has 34 heavy (non-hydrogen) atoms. The number of carbonyl (C=O) groups excluding carboxylic acids is 1. The van der Waals surface area contributed by atoms with Crippen LogP contribution in [0.25, 0.3) is 11.0 Å². The number of fused-ring (bicyclic) bond motifs is 1. The Kier molecular flexibility index (Phi) is 7.34. The third-order valence-electron chi connectivity index (χ3n) is 5.65. The summed E-state index contributed by atoms with van der Waals surface area (Å²) in [5.41, 5.74) is 2.03. The molecule has 2 heterocycles. The molecule has 0 atom stereocenters. The molecule has 1 fully saturated rings. The maximum absolute atomic E-state index is 13.8. The Morgan fingerprint density at radius 3 is 2.59 bits per heavy atom. The normalized spacial score (nSPS) is 15.0. The number of carbonyl (C=O) groups is 1. The zero-order valence-corrected chi connectivity index (χ0v) is 19.3. The van der Waals surface area contributed by atoms with E-state index in [1.165, 1.54) is 16.5 Å². The third kappa shape index (κ3) is 5.65. The maximum Gasteiger partial charge on any atom is 0.449 e. The highest BCUT2D eigenvalue weighted by Gasteiger charge is 2.38. The minimum absolute atomic E-state index is 0.121. The van der Waals surface area contributed by atoms with Crippen molar-refractivity contribution in [2.45, 2.75) is 30.5 Å². The molecule has 11 heteroatoms. The fraction of sp³-hybridized carbons (Fsp3) is 0.391. The number of nitrogens with zero attached hydrogens (tertiary/aromatic N) is 3. The SMILES string of the molecule is CN(Sc1ccc(NC(=O)CO)cc1)c1ccc2c(c1)nc(C(F)(F)F)n2CC1CCOCC1. The minimum Gasteiger partial charge on any atom is -0.387 e. The summed E-state index contributed by atoms with van der Waals surface area (Å²) in [5.74, 6) is -1.25. The van der Waals surface area contributed by atoms with Gasteiger partial charge in [0.1, 0.15) is 6.61 Å². The van der Waals surface area contributed by atoms with Gasteiger partial charge < -0.3 is 24.0 Å². The molecule has 0 spiro atoms. The molecule has 1 aliphatic rings. The summed E-state index contributed by atoms with van der Waals surface area (Å²) in [5, 5.41) is 11.4. The first-order valence-corrected chi connectivity index (χ1v) is 11.6. The highest BCUT2D eigenvalue weighted by Crippen LogP contribution is 2.35. The van der Waals surface area contributed by atoms with Crippen LogP contribution in [0.5, 0.6) is 0 Å². The molecule has 1 amide bonds. The second-order valence-corrected chi connectivity index (χ2v) is 9.29. The Labute approximate surface area is 199 Å². The summed E-state index contributed by atoms with van der Waals surface area (Å²) < 4.78 is 49.7. The van der Waals surface area contributed by atoms with Gasteiger partial charge in [0.25, 0.3) is 0 Å². The number of amides is 1. The van der Waals surface area contributed by atoms with Gasteiger partial charge in [0.15, 0.2) is 0 Å². The van der Waals surface area contributed by atoms with E-state index in [2.05, 4.69) is 10.3 Å². The predicted molar refractivity (Wildman–Crippen MR) is 125 cm³/mol. The zero-order chi connectivity index (χ0) is 24.3. The van der Waals surface area contributed by atoms with Crippen LogP contribution in [-0.4, -0.2) is 47.4 Å². The van der Waals surface area contributed by atoms with Gasteiger partial charge in [-0.2, -0.15) is 13.2 Å². The van der Waals surface area contributed by atoms with Gasteiger partial charge in [-0.3, -0.25) is 4.79 Å². The molecule has 1 saturated heterocycles. The fourth-order valence-electron chi connectivity index (χ4n) is 3.91. The first kappa shape index (κ1) is 24.4. The highest BCUT2D eigenvalue weighted by atomic mass is 32.2. The van der Waals surface area contributed by atoms with E-state index < -0.39 is 24.5 Å². The van der Waals surface area contributed by atoms with Crippen molar-refractivity contribution in [3.05, 3.63) is 48.3 Å². The average molecular weight is 495 g/mol. The number of alkyl halides is 3. The first-order valence-electron chi connectivity index (χ1n) is 10.8. The number of nitrogens with one attached hydrogen (secondary N) is 1. The standard InChI is InChI=1S/C23H25F3N4O3S/c1-29(34-18-5-2-16(3-6-18)27-21(32)14-31)17-4-7-20-19(12-17)28-22(23(24,25)26)30(20)13-15-8-10-33-11-9-15/h2-7,12,15,31H,8-11,13-14H2,1H3,(H,27,32). The Morgan fingerprint density at radius 2 is 1.94 bits per heavy atom. The number of benzene rings is 2. The van der Waals surface area contributed by atoms with E-state index in [9.17, 15) is 18.0 Å². The lowest BCUT2D eigenvalue weighted by Gasteiger charge is -2.24. The molecule has 0 saturated carbocycles. The molecular weight excluding hydrogens is 469 g/mol. The number of hydrogen-bond acceptors (Lipinski definition) is 6. The summed E-state index contributed by atoms with van der Waals surface area (Å²) in [4.78, 5) is 16.1. The van der Waals surface area contributed by atoms with Crippen molar-refractivity contribution < 1.29 is 27.8 Å². The number of imidazole rings is 1. The van der Waals surface area contributed by atoms with Crippen molar-refractivity contribution in [3.63, 3.8) is 0 Å². The summed E-state index contributed by atoms with van der Waals surface area (Å²) in [7, 11) is 1.82. The van der Waals surface area contributed by atoms with Crippen molar-refractivity contribution in [2.24, 2.45) is 5.92 Å². The Morgan fingerprint density at radius 1 is 1.24 bits per heavy atom. The van der Waals surface area contributed by atoms with Gasteiger partial charge in [0.05, 0.1) is 11.0 Å². The Bertz CT molecular complexity index is 1140. The molecule has 4 rings (SSSR count). The molecule has 0 radical (unpaired) electrons. The van der Waals surface area contributed by atoms with E-state index >= 15 is 0 Å². The molecule has 182 valence electrons. The second kappa shape index (κ2) is 10.2. The van der Waals surface area contributed by atoms with Crippen molar-refractivity contribution in [2.75, 3.05) is 36.5 Å². The molecular formula is C23H25F3N4O3S. The molecule has 1 aliphatic heterocycles. The van der Waals surface area contributed by atoms with Crippen LogP contribution in [0, 0.1) is 5.92 Å². The van der Waals surface area contributed by atoms with Gasteiger partial charge >= 0.3 is 6.18 Å². The summed E-state index contributed by atoms with van der Waals surface area (Å²) >= 11 is 1.38. The molecule has 0 aliphatic carbocycles. The number of anilines is 2. The molecule has 7 nitrogen and oxygen atoms in total.